The van der Waals surface area contributed by atoms with E-state index < -0.39 is 5.97 Å². The molecule has 0 aliphatic heterocycles. The van der Waals surface area contributed by atoms with Crippen LogP contribution in [0, 0.1) is 5.82 Å². The summed E-state index contributed by atoms with van der Waals surface area (Å²) in [6.45, 7) is 5.08. The lowest BCUT2D eigenvalue weighted by Crippen LogP contribution is -2.34. The maximum Gasteiger partial charge on any atom is 0.354 e. The van der Waals surface area contributed by atoms with Crippen molar-refractivity contribution in [1.29, 1.82) is 0 Å². The van der Waals surface area contributed by atoms with Crippen LogP contribution in [0.1, 0.15) is 24.3 Å². The fourth-order valence-electron chi connectivity index (χ4n) is 3.23. The summed E-state index contributed by atoms with van der Waals surface area (Å²) >= 11 is 0. The maximum absolute atomic E-state index is 13.2. The van der Waals surface area contributed by atoms with Gasteiger partial charge >= 0.3 is 5.97 Å². The molecule has 1 amide bonds. The van der Waals surface area contributed by atoms with Gasteiger partial charge < -0.3 is 18.8 Å². The quantitative estimate of drug-likeness (QED) is 0.625. The number of carbonyl (C=O) groups excluding carboxylic acids is 2. The average molecular weight is 371 g/mol. The number of rotatable bonds is 6. The summed E-state index contributed by atoms with van der Waals surface area (Å²) in [6, 6.07) is 9.60. The Morgan fingerprint density at radius 1 is 1.07 bits per heavy atom. The number of likely N-dealkylation sites (N-methyl/N-ethyl adjacent to an activating group) is 1. The van der Waals surface area contributed by atoms with Gasteiger partial charge in [0.2, 0.25) is 5.91 Å². The van der Waals surface area contributed by atoms with Gasteiger partial charge in [-0.25, -0.2) is 9.18 Å². The van der Waals surface area contributed by atoms with E-state index in [4.69, 9.17) is 4.74 Å². The normalized spacial score (nSPS) is 11.0. The molecule has 0 saturated carbocycles. The summed E-state index contributed by atoms with van der Waals surface area (Å²) in [4.78, 5) is 26.6. The van der Waals surface area contributed by atoms with Crippen LogP contribution in [0.5, 0.6) is 0 Å². The number of nitrogens with zero attached hydrogens (tertiary/aromatic N) is 3. The fourth-order valence-corrected chi connectivity index (χ4v) is 3.23. The molecule has 1 aromatic carbocycles. The molecule has 3 aromatic rings. The first kappa shape index (κ1) is 18.7. The Bertz CT molecular complexity index is 968. The second-order valence-corrected chi connectivity index (χ2v) is 6.11. The first-order valence-corrected chi connectivity index (χ1v) is 8.82. The molecule has 0 radical (unpaired) electrons. The van der Waals surface area contributed by atoms with E-state index in [-0.39, 0.29) is 18.3 Å². The number of fused-ring (bicyclic) bond motifs is 1. The number of hydrogen-bond donors (Lipinski definition) is 0. The van der Waals surface area contributed by atoms with Gasteiger partial charge in [-0.2, -0.15) is 0 Å². The van der Waals surface area contributed by atoms with Gasteiger partial charge in [0.1, 0.15) is 18.1 Å². The van der Waals surface area contributed by atoms with Crippen LogP contribution >= 0.6 is 0 Å². The Balaban J connectivity index is 2.10. The summed E-state index contributed by atoms with van der Waals surface area (Å²) in [5.74, 6) is -0.902. The molecule has 0 bridgehead atoms. The highest BCUT2D eigenvalue weighted by atomic mass is 19.1. The number of hydrogen-bond acceptors (Lipinski definition) is 3. The molecule has 0 atom stereocenters. The monoisotopic (exact) mass is 371 g/mol. The minimum atomic E-state index is -0.510. The van der Waals surface area contributed by atoms with E-state index in [2.05, 4.69) is 0 Å². The molecule has 0 aliphatic carbocycles. The zero-order chi connectivity index (χ0) is 19.6. The van der Waals surface area contributed by atoms with Crippen molar-refractivity contribution < 1.29 is 18.7 Å². The van der Waals surface area contributed by atoms with E-state index in [9.17, 15) is 14.0 Å². The predicted octanol–water partition coefficient (Wildman–Crippen LogP) is 3.23. The lowest BCUT2D eigenvalue weighted by molar-refractivity contribution is -0.131. The topological polar surface area (TPSA) is 56.5 Å². The smallest absolute Gasteiger partial charge is 0.354 e. The Labute approximate surface area is 156 Å². The highest BCUT2D eigenvalue weighted by molar-refractivity contribution is 5.96. The van der Waals surface area contributed by atoms with E-state index in [0.717, 1.165) is 16.7 Å². The van der Waals surface area contributed by atoms with Crippen molar-refractivity contribution in [2.24, 2.45) is 0 Å². The SMILES string of the molecule is CCN(CC)C(=O)Cn1c(C(=O)OC)cc2c1ccn2-c1ccc(F)cc1. The number of ether oxygens (including phenoxy) is 1. The van der Waals surface area contributed by atoms with Crippen molar-refractivity contribution >= 4 is 22.9 Å². The minimum absolute atomic E-state index is 0.0447. The number of methoxy groups -OCH3 is 1. The minimum Gasteiger partial charge on any atom is -0.464 e. The zero-order valence-electron chi connectivity index (χ0n) is 15.6. The van der Waals surface area contributed by atoms with Crippen molar-refractivity contribution in [2.45, 2.75) is 20.4 Å². The third-order valence-corrected chi connectivity index (χ3v) is 4.67. The van der Waals surface area contributed by atoms with Gasteiger partial charge in [0.25, 0.3) is 0 Å². The largest absolute Gasteiger partial charge is 0.464 e. The second kappa shape index (κ2) is 7.65. The van der Waals surface area contributed by atoms with Crippen LogP contribution in [-0.2, 0) is 16.1 Å². The molecule has 6 nitrogen and oxygen atoms in total. The molecular formula is C20H22FN3O3. The third kappa shape index (κ3) is 3.45. The molecule has 0 unspecified atom stereocenters. The van der Waals surface area contributed by atoms with Crippen LogP contribution in [0.3, 0.4) is 0 Å². The molecule has 0 N–H and O–H groups in total. The van der Waals surface area contributed by atoms with Gasteiger partial charge in [0, 0.05) is 25.0 Å². The number of esters is 1. The predicted molar refractivity (Wildman–Crippen MR) is 100 cm³/mol. The maximum atomic E-state index is 13.2. The van der Waals surface area contributed by atoms with E-state index in [1.165, 1.54) is 19.2 Å². The number of benzene rings is 1. The standard InChI is InChI=1S/C20H22FN3O3/c1-4-22(5-2)19(25)13-24-16-10-11-23(15-8-6-14(21)7-9-15)17(16)12-18(24)20(26)27-3/h6-12H,4-5,13H2,1-3H3. The molecule has 0 fully saturated rings. The van der Waals surface area contributed by atoms with Crippen LogP contribution in [0.15, 0.2) is 42.6 Å². The molecule has 0 aliphatic rings. The number of aromatic nitrogens is 2. The van der Waals surface area contributed by atoms with E-state index in [0.29, 0.717) is 18.8 Å². The lowest BCUT2D eigenvalue weighted by Gasteiger charge is -2.19. The van der Waals surface area contributed by atoms with E-state index >= 15 is 0 Å². The Morgan fingerprint density at radius 3 is 2.33 bits per heavy atom. The molecule has 2 heterocycles. The van der Waals surface area contributed by atoms with Gasteiger partial charge in [-0.1, -0.05) is 0 Å². The van der Waals surface area contributed by atoms with Gasteiger partial charge in [-0.15, -0.1) is 0 Å². The van der Waals surface area contributed by atoms with Crippen LogP contribution in [0.25, 0.3) is 16.7 Å². The molecule has 0 spiro atoms. The lowest BCUT2D eigenvalue weighted by atomic mass is 10.3. The first-order chi connectivity index (χ1) is 13.0. The summed E-state index contributed by atoms with van der Waals surface area (Å²) in [7, 11) is 1.31. The molecule has 7 heteroatoms. The van der Waals surface area contributed by atoms with Crippen LogP contribution in [-0.4, -0.2) is 46.1 Å². The van der Waals surface area contributed by atoms with Crippen molar-refractivity contribution in [2.75, 3.05) is 20.2 Å². The second-order valence-electron chi connectivity index (χ2n) is 6.11. The third-order valence-electron chi connectivity index (χ3n) is 4.67. The summed E-state index contributed by atoms with van der Waals surface area (Å²) < 4.78 is 21.6. The van der Waals surface area contributed by atoms with Crippen LogP contribution in [0.4, 0.5) is 4.39 Å². The van der Waals surface area contributed by atoms with Gasteiger partial charge in [0.15, 0.2) is 0 Å². The summed E-state index contributed by atoms with van der Waals surface area (Å²) in [6.07, 6.45) is 1.83. The summed E-state index contributed by atoms with van der Waals surface area (Å²) in [5, 5.41) is 0. The highest BCUT2D eigenvalue weighted by Gasteiger charge is 2.22. The van der Waals surface area contributed by atoms with Crippen molar-refractivity contribution in [3.63, 3.8) is 0 Å². The molecule has 142 valence electrons. The van der Waals surface area contributed by atoms with Gasteiger partial charge in [-0.05, 0) is 50.2 Å². The number of carbonyl (C=O) groups is 2. The molecule has 3 rings (SSSR count). The average Bonchev–Trinajstić information content (AvgIpc) is 3.23. The Morgan fingerprint density at radius 2 is 1.74 bits per heavy atom. The first-order valence-electron chi connectivity index (χ1n) is 8.82. The van der Waals surface area contributed by atoms with Crippen LogP contribution < -0.4 is 0 Å². The van der Waals surface area contributed by atoms with Gasteiger partial charge in [0.05, 0.1) is 18.1 Å². The fraction of sp³-hybridized carbons (Fsp3) is 0.300. The number of amides is 1. The van der Waals surface area contributed by atoms with Gasteiger partial charge in [-0.3, -0.25) is 4.79 Å². The van der Waals surface area contributed by atoms with Crippen molar-refractivity contribution in [3.05, 3.63) is 54.1 Å². The van der Waals surface area contributed by atoms with E-state index in [1.807, 2.05) is 30.7 Å². The van der Waals surface area contributed by atoms with E-state index in [1.54, 1.807) is 27.7 Å². The molecule has 27 heavy (non-hydrogen) atoms. The number of halogens is 1. The molecule has 0 saturated heterocycles. The highest BCUT2D eigenvalue weighted by Crippen LogP contribution is 2.25. The van der Waals surface area contributed by atoms with Crippen LogP contribution in [0.2, 0.25) is 0 Å². The molecular weight excluding hydrogens is 349 g/mol. The van der Waals surface area contributed by atoms with Crippen molar-refractivity contribution in [1.82, 2.24) is 14.0 Å². The Kier molecular flexibility index (Phi) is 5.30. The molecule has 2 aromatic heterocycles. The Hall–Kier alpha value is -3.09. The van der Waals surface area contributed by atoms with Crippen molar-refractivity contribution in [3.8, 4) is 5.69 Å². The summed E-state index contributed by atoms with van der Waals surface area (Å²) in [5.41, 5.74) is 2.55. The zero-order valence-corrected chi connectivity index (χ0v) is 15.6.